The highest BCUT2D eigenvalue weighted by atomic mass is 16.4. The van der Waals surface area contributed by atoms with Crippen molar-refractivity contribution in [2.75, 3.05) is 13.1 Å². The summed E-state index contributed by atoms with van der Waals surface area (Å²) in [6.45, 7) is 4.70. The molecular weight excluding hydrogens is 308 g/mol. The van der Waals surface area contributed by atoms with E-state index in [1.165, 1.54) is 6.20 Å². The van der Waals surface area contributed by atoms with E-state index in [4.69, 9.17) is 5.11 Å². The molecule has 3 rings (SSSR count). The van der Waals surface area contributed by atoms with E-state index < -0.39 is 11.9 Å². The Morgan fingerprint density at radius 1 is 1.29 bits per heavy atom. The summed E-state index contributed by atoms with van der Waals surface area (Å²) in [7, 11) is 0. The molecule has 0 bridgehead atoms. The van der Waals surface area contributed by atoms with Crippen LogP contribution in [0.2, 0.25) is 0 Å². The third kappa shape index (κ3) is 3.15. The third-order valence-corrected chi connectivity index (χ3v) is 4.28. The molecule has 0 radical (unpaired) electrons. The second-order valence-corrected chi connectivity index (χ2v) is 6.17. The number of amides is 1. The molecule has 1 aliphatic rings. The van der Waals surface area contributed by atoms with Crippen LogP contribution in [0.1, 0.15) is 34.6 Å². The minimum Gasteiger partial charge on any atom is -0.481 e. The molecule has 1 N–H and O–H groups in total. The highest BCUT2D eigenvalue weighted by Crippen LogP contribution is 2.19. The van der Waals surface area contributed by atoms with Crippen molar-refractivity contribution in [2.45, 2.75) is 26.7 Å². The van der Waals surface area contributed by atoms with Crippen LogP contribution in [0.15, 0.2) is 24.4 Å². The number of aryl methyl sites for hydroxylation is 2. The molecule has 126 valence electrons. The lowest BCUT2D eigenvalue weighted by Crippen LogP contribution is -2.42. The van der Waals surface area contributed by atoms with E-state index in [9.17, 15) is 9.59 Å². The molecule has 1 atom stereocenters. The third-order valence-electron chi connectivity index (χ3n) is 4.28. The SMILES string of the molecule is Cc1cc(C)n(-c2ccc(C(=O)N3CCC[C@H](C(=O)O)C3)cn2)n1. The topological polar surface area (TPSA) is 88.3 Å². The van der Waals surface area contributed by atoms with Gasteiger partial charge in [-0.1, -0.05) is 0 Å². The zero-order valence-electron chi connectivity index (χ0n) is 13.8. The summed E-state index contributed by atoms with van der Waals surface area (Å²) in [5.74, 6) is -0.845. The van der Waals surface area contributed by atoms with Gasteiger partial charge < -0.3 is 10.0 Å². The second-order valence-electron chi connectivity index (χ2n) is 6.17. The first-order valence-electron chi connectivity index (χ1n) is 7.97. The van der Waals surface area contributed by atoms with Gasteiger partial charge in [-0.2, -0.15) is 5.10 Å². The lowest BCUT2D eigenvalue weighted by molar-refractivity contribution is -0.143. The first-order valence-corrected chi connectivity index (χ1v) is 7.97. The van der Waals surface area contributed by atoms with Crippen LogP contribution in [-0.2, 0) is 4.79 Å². The normalized spacial score (nSPS) is 17.8. The van der Waals surface area contributed by atoms with Gasteiger partial charge in [-0.05, 0) is 44.9 Å². The van der Waals surface area contributed by atoms with Crippen LogP contribution in [0.3, 0.4) is 0 Å². The van der Waals surface area contributed by atoms with Crippen LogP contribution < -0.4 is 0 Å². The Labute approximate surface area is 139 Å². The average molecular weight is 328 g/mol. The van der Waals surface area contributed by atoms with Crippen molar-refractivity contribution in [3.8, 4) is 5.82 Å². The number of carboxylic acid groups (broad SMARTS) is 1. The Balaban J connectivity index is 1.76. The Kier molecular flexibility index (Phi) is 4.33. The summed E-state index contributed by atoms with van der Waals surface area (Å²) in [6.07, 6.45) is 2.85. The second kappa shape index (κ2) is 6.43. The minimum absolute atomic E-state index is 0.173. The number of carboxylic acids is 1. The monoisotopic (exact) mass is 328 g/mol. The molecule has 1 saturated heterocycles. The number of hydrogen-bond acceptors (Lipinski definition) is 4. The van der Waals surface area contributed by atoms with E-state index in [2.05, 4.69) is 10.1 Å². The molecule has 24 heavy (non-hydrogen) atoms. The van der Waals surface area contributed by atoms with Gasteiger partial charge in [-0.3, -0.25) is 9.59 Å². The van der Waals surface area contributed by atoms with Crippen LogP contribution in [0.4, 0.5) is 0 Å². The summed E-state index contributed by atoms with van der Waals surface area (Å²) in [5, 5.41) is 13.5. The Hall–Kier alpha value is -2.70. The summed E-state index contributed by atoms with van der Waals surface area (Å²) in [4.78, 5) is 29.6. The standard InChI is InChI=1S/C17H20N4O3/c1-11-8-12(2)21(19-11)15-6-5-13(9-18-15)16(22)20-7-3-4-14(10-20)17(23)24/h5-6,8-9,14H,3-4,7,10H2,1-2H3,(H,23,24)/t14-/m0/s1. The largest absolute Gasteiger partial charge is 0.481 e. The molecule has 0 unspecified atom stereocenters. The molecule has 1 amide bonds. The molecule has 7 heteroatoms. The van der Waals surface area contributed by atoms with Gasteiger partial charge in [0, 0.05) is 25.0 Å². The Bertz CT molecular complexity index is 767. The molecule has 0 aromatic carbocycles. The quantitative estimate of drug-likeness (QED) is 0.928. The molecule has 1 aliphatic heterocycles. The molecule has 2 aromatic rings. The maximum atomic E-state index is 12.6. The van der Waals surface area contributed by atoms with Crippen molar-refractivity contribution in [2.24, 2.45) is 5.92 Å². The maximum Gasteiger partial charge on any atom is 0.308 e. The zero-order valence-corrected chi connectivity index (χ0v) is 13.8. The van der Waals surface area contributed by atoms with E-state index in [1.807, 2.05) is 19.9 Å². The van der Waals surface area contributed by atoms with Gasteiger partial charge in [-0.25, -0.2) is 9.67 Å². The van der Waals surface area contributed by atoms with Crippen molar-refractivity contribution < 1.29 is 14.7 Å². The first kappa shape index (κ1) is 16.2. The van der Waals surface area contributed by atoms with E-state index in [1.54, 1.807) is 21.7 Å². The number of aliphatic carboxylic acids is 1. The lowest BCUT2D eigenvalue weighted by atomic mass is 9.98. The van der Waals surface area contributed by atoms with Gasteiger partial charge in [0.2, 0.25) is 0 Å². The van der Waals surface area contributed by atoms with Gasteiger partial charge in [-0.15, -0.1) is 0 Å². The average Bonchev–Trinajstić information content (AvgIpc) is 2.93. The summed E-state index contributed by atoms with van der Waals surface area (Å²) in [6, 6.07) is 5.43. The van der Waals surface area contributed by atoms with E-state index in [0.29, 0.717) is 30.8 Å². The fourth-order valence-corrected chi connectivity index (χ4v) is 3.04. The number of aromatic nitrogens is 3. The number of rotatable bonds is 3. The number of nitrogens with zero attached hydrogens (tertiary/aromatic N) is 4. The van der Waals surface area contributed by atoms with Crippen LogP contribution in [-0.4, -0.2) is 49.7 Å². The van der Waals surface area contributed by atoms with Gasteiger partial charge in [0.1, 0.15) is 0 Å². The molecule has 2 aromatic heterocycles. The number of carbonyl (C=O) groups excluding carboxylic acids is 1. The number of carbonyl (C=O) groups is 2. The van der Waals surface area contributed by atoms with Crippen molar-refractivity contribution in [1.29, 1.82) is 0 Å². The molecular formula is C17H20N4O3. The summed E-state index contributed by atoms with van der Waals surface area (Å²) in [5.41, 5.74) is 2.34. The fourth-order valence-electron chi connectivity index (χ4n) is 3.04. The zero-order chi connectivity index (χ0) is 17.3. The van der Waals surface area contributed by atoms with Crippen molar-refractivity contribution in [3.05, 3.63) is 41.3 Å². The van der Waals surface area contributed by atoms with Gasteiger partial charge in [0.25, 0.3) is 5.91 Å². The van der Waals surface area contributed by atoms with Crippen LogP contribution in [0.5, 0.6) is 0 Å². The first-order chi connectivity index (χ1) is 11.5. The predicted molar refractivity (Wildman–Crippen MR) is 87.1 cm³/mol. The number of likely N-dealkylation sites (tertiary alicyclic amines) is 1. The lowest BCUT2D eigenvalue weighted by Gasteiger charge is -2.30. The fraction of sp³-hybridized carbons (Fsp3) is 0.412. The summed E-state index contributed by atoms with van der Waals surface area (Å²) < 4.78 is 1.73. The van der Waals surface area contributed by atoms with Gasteiger partial charge >= 0.3 is 5.97 Å². The van der Waals surface area contributed by atoms with Crippen molar-refractivity contribution in [1.82, 2.24) is 19.7 Å². The minimum atomic E-state index is -0.842. The molecule has 7 nitrogen and oxygen atoms in total. The van der Waals surface area contributed by atoms with E-state index in [0.717, 1.165) is 11.4 Å². The molecule has 0 spiro atoms. The maximum absolute atomic E-state index is 12.6. The summed E-state index contributed by atoms with van der Waals surface area (Å²) >= 11 is 0. The molecule has 0 saturated carbocycles. The van der Waals surface area contributed by atoms with Crippen LogP contribution in [0.25, 0.3) is 5.82 Å². The number of piperidine rings is 1. The Morgan fingerprint density at radius 2 is 2.08 bits per heavy atom. The smallest absolute Gasteiger partial charge is 0.308 e. The molecule has 1 fully saturated rings. The molecule has 3 heterocycles. The highest BCUT2D eigenvalue weighted by Gasteiger charge is 2.28. The number of hydrogen-bond donors (Lipinski definition) is 1. The number of pyridine rings is 1. The van der Waals surface area contributed by atoms with Gasteiger partial charge in [0.15, 0.2) is 5.82 Å². The van der Waals surface area contributed by atoms with E-state index >= 15 is 0 Å². The predicted octanol–water partition coefficient (Wildman–Crippen LogP) is 1.82. The van der Waals surface area contributed by atoms with Crippen LogP contribution >= 0.6 is 0 Å². The van der Waals surface area contributed by atoms with Crippen LogP contribution in [0, 0.1) is 19.8 Å². The Morgan fingerprint density at radius 3 is 2.67 bits per heavy atom. The molecule has 0 aliphatic carbocycles. The van der Waals surface area contributed by atoms with E-state index in [-0.39, 0.29) is 12.5 Å². The van der Waals surface area contributed by atoms with Crippen molar-refractivity contribution in [3.63, 3.8) is 0 Å². The highest BCUT2D eigenvalue weighted by molar-refractivity contribution is 5.94. The van der Waals surface area contributed by atoms with Gasteiger partial charge in [0.05, 0.1) is 17.2 Å². The van der Waals surface area contributed by atoms with Crippen molar-refractivity contribution >= 4 is 11.9 Å².